The van der Waals surface area contributed by atoms with Crippen LogP contribution in [0.3, 0.4) is 0 Å². The van der Waals surface area contributed by atoms with Gasteiger partial charge in [0.2, 0.25) is 5.95 Å². The number of methoxy groups -OCH3 is 1. The molecule has 8 heteroatoms. The number of aromatic nitrogens is 4. The van der Waals surface area contributed by atoms with Crippen LogP contribution in [0.15, 0.2) is 53.2 Å². The van der Waals surface area contributed by atoms with Crippen LogP contribution in [0.4, 0.5) is 5.95 Å². The Kier molecular flexibility index (Phi) is 5.60. The second kappa shape index (κ2) is 8.95. The van der Waals surface area contributed by atoms with Crippen molar-refractivity contribution in [1.82, 2.24) is 19.7 Å². The molecule has 6 rings (SSSR count). The zero-order chi connectivity index (χ0) is 24.8. The Bertz CT molecular complexity index is 1530. The maximum Gasteiger partial charge on any atom is 0.207 e. The molecule has 184 valence electrons. The van der Waals surface area contributed by atoms with Gasteiger partial charge in [0.15, 0.2) is 0 Å². The Morgan fingerprint density at radius 1 is 1.03 bits per heavy atom. The van der Waals surface area contributed by atoms with Crippen molar-refractivity contribution in [1.29, 1.82) is 0 Å². The van der Waals surface area contributed by atoms with Gasteiger partial charge in [0.25, 0.3) is 0 Å². The van der Waals surface area contributed by atoms with Crippen molar-refractivity contribution in [3.05, 3.63) is 65.7 Å². The number of benzene rings is 2. The summed E-state index contributed by atoms with van der Waals surface area (Å²) in [6, 6.07) is 14.7. The van der Waals surface area contributed by atoms with Gasteiger partial charge < -0.3 is 23.5 Å². The predicted molar refractivity (Wildman–Crippen MR) is 140 cm³/mol. The first-order valence-corrected chi connectivity index (χ1v) is 12.3. The van der Waals surface area contributed by atoms with Gasteiger partial charge in [-0.05, 0) is 38.5 Å². The van der Waals surface area contributed by atoms with E-state index in [4.69, 9.17) is 24.0 Å². The molecule has 1 aliphatic heterocycles. The van der Waals surface area contributed by atoms with Crippen LogP contribution in [0.25, 0.3) is 33.1 Å². The summed E-state index contributed by atoms with van der Waals surface area (Å²) in [6.45, 7) is 9.07. The Labute approximate surface area is 209 Å². The van der Waals surface area contributed by atoms with E-state index in [0.717, 1.165) is 69.3 Å². The summed E-state index contributed by atoms with van der Waals surface area (Å²) in [7, 11) is 1.69. The third kappa shape index (κ3) is 3.60. The van der Waals surface area contributed by atoms with Gasteiger partial charge in [-0.25, -0.2) is 4.98 Å². The third-order valence-corrected chi connectivity index (χ3v) is 7.08. The SMILES string of the molecule is COc1cc2c(cc1-c1c(C)noc1C)ncc1nc(N3CCOCC3)n([C@@H](C)c3ccccc3)c12. The van der Waals surface area contributed by atoms with Crippen LogP contribution in [0, 0.1) is 13.8 Å². The van der Waals surface area contributed by atoms with Gasteiger partial charge in [-0.1, -0.05) is 35.5 Å². The van der Waals surface area contributed by atoms with Gasteiger partial charge in [0.1, 0.15) is 17.0 Å². The molecule has 0 radical (unpaired) electrons. The maximum absolute atomic E-state index is 5.89. The van der Waals surface area contributed by atoms with Crippen molar-refractivity contribution >= 4 is 27.9 Å². The van der Waals surface area contributed by atoms with Crippen LogP contribution in [0.1, 0.15) is 30.0 Å². The second-order valence-corrected chi connectivity index (χ2v) is 9.23. The number of pyridine rings is 1. The molecule has 1 aliphatic rings. The highest BCUT2D eigenvalue weighted by atomic mass is 16.5. The standard InChI is InChI=1S/C28H29N5O3/c1-17-26(19(3)36-31-17)22-14-23-21(15-25(22)34-4)27-24(16-29-23)30-28(32-10-12-35-13-11-32)33(27)18(2)20-8-6-5-7-9-20/h5-9,14-16,18H,10-13H2,1-4H3/t18-/m0/s1. The molecule has 0 amide bonds. The smallest absolute Gasteiger partial charge is 0.207 e. The molecular weight excluding hydrogens is 454 g/mol. The number of anilines is 1. The van der Waals surface area contributed by atoms with Gasteiger partial charge >= 0.3 is 0 Å². The van der Waals surface area contributed by atoms with Crippen molar-refractivity contribution in [3.8, 4) is 16.9 Å². The molecule has 1 atom stereocenters. The number of aryl methyl sites for hydroxylation is 2. The lowest BCUT2D eigenvalue weighted by atomic mass is 10.00. The highest BCUT2D eigenvalue weighted by Gasteiger charge is 2.26. The molecule has 1 saturated heterocycles. The molecule has 0 bridgehead atoms. The van der Waals surface area contributed by atoms with Crippen molar-refractivity contribution in [2.24, 2.45) is 0 Å². The monoisotopic (exact) mass is 483 g/mol. The van der Waals surface area contributed by atoms with Gasteiger partial charge in [0, 0.05) is 24.0 Å². The largest absolute Gasteiger partial charge is 0.496 e. The first kappa shape index (κ1) is 22.5. The Morgan fingerprint density at radius 3 is 2.50 bits per heavy atom. The summed E-state index contributed by atoms with van der Waals surface area (Å²) < 4.78 is 19.3. The number of hydrogen-bond acceptors (Lipinski definition) is 7. The first-order valence-electron chi connectivity index (χ1n) is 12.3. The molecule has 36 heavy (non-hydrogen) atoms. The fourth-order valence-corrected chi connectivity index (χ4v) is 5.26. The normalized spacial score (nSPS) is 15.1. The van der Waals surface area contributed by atoms with E-state index in [1.165, 1.54) is 5.56 Å². The minimum Gasteiger partial charge on any atom is -0.496 e. The molecule has 0 saturated carbocycles. The zero-order valence-electron chi connectivity index (χ0n) is 21.0. The molecule has 0 spiro atoms. The zero-order valence-corrected chi connectivity index (χ0v) is 21.0. The van der Waals surface area contributed by atoms with Crippen molar-refractivity contribution in [2.45, 2.75) is 26.8 Å². The summed E-state index contributed by atoms with van der Waals surface area (Å²) in [5, 5.41) is 5.14. The number of hydrogen-bond donors (Lipinski definition) is 0. The average Bonchev–Trinajstić information content (AvgIpc) is 3.48. The lowest BCUT2D eigenvalue weighted by Crippen LogP contribution is -2.38. The molecule has 2 aromatic carbocycles. The number of morpholine rings is 1. The molecule has 0 unspecified atom stereocenters. The van der Waals surface area contributed by atoms with E-state index >= 15 is 0 Å². The fraction of sp³-hybridized carbons (Fsp3) is 0.321. The van der Waals surface area contributed by atoms with Crippen LogP contribution in [0.2, 0.25) is 0 Å². The molecule has 1 fully saturated rings. The molecule has 0 aliphatic carbocycles. The van der Waals surface area contributed by atoms with Gasteiger partial charge in [-0.15, -0.1) is 0 Å². The minimum atomic E-state index is 0.0629. The van der Waals surface area contributed by atoms with Crippen LogP contribution < -0.4 is 9.64 Å². The lowest BCUT2D eigenvalue weighted by molar-refractivity contribution is 0.121. The fourth-order valence-electron chi connectivity index (χ4n) is 5.26. The maximum atomic E-state index is 5.89. The second-order valence-electron chi connectivity index (χ2n) is 9.23. The van der Waals surface area contributed by atoms with E-state index in [-0.39, 0.29) is 6.04 Å². The van der Waals surface area contributed by atoms with Crippen LogP contribution in [0.5, 0.6) is 5.75 Å². The topological polar surface area (TPSA) is 78.4 Å². The van der Waals surface area contributed by atoms with E-state index in [1.54, 1.807) is 7.11 Å². The van der Waals surface area contributed by atoms with E-state index in [0.29, 0.717) is 13.2 Å². The summed E-state index contributed by atoms with van der Waals surface area (Å²) in [5.41, 5.74) is 6.67. The van der Waals surface area contributed by atoms with Crippen molar-refractivity contribution in [3.63, 3.8) is 0 Å². The summed E-state index contributed by atoms with van der Waals surface area (Å²) in [5.74, 6) is 2.44. The number of ether oxygens (including phenoxy) is 2. The van der Waals surface area contributed by atoms with E-state index < -0.39 is 0 Å². The Hall–Kier alpha value is -3.91. The van der Waals surface area contributed by atoms with E-state index in [1.807, 2.05) is 26.1 Å². The lowest BCUT2D eigenvalue weighted by Gasteiger charge is -2.30. The first-order chi connectivity index (χ1) is 17.6. The number of nitrogens with zero attached hydrogens (tertiary/aromatic N) is 5. The van der Waals surface area contributed by atoms with Crippen LogP contribution in [-0.2, 0) is 4.74 Å². The van der Waals surface area contributed by atoms with Crippen LogP contribution >= 0.6 is 0 Å². The van der Waals surface area contributed by atoms with E-state index in [9.17, 15) is 0 Å². The molecule has 0 N–H and O–H groups in total. The predicted octanol–water partition coefficient (Wildman–Crippen LogP) is 5.31. The summed E-state index contributed by atoms with van der Waals surface area (Å²) in [4.78, 5) is 12.2. The minimum absolute atomic E-state index is 0.0629. The average molecular weight is 484 g/mol. The van der Waals surface area contributed by atoms with Crippen molar-refractivity contribution in [2.75, 3.05) is 38.3 Å². The summed E-state index contributed by atoms with van der Waals surface area (Å²) in [6.07, 6.45) is 1.87. The highest BCUT2D eigenvalue weighted by molar-refractivity contribution is 6.05. The number of rotatable bonds is 5. The van der Waals surface area contributed by atoms with Crippen LogP contribution in [-0.4, -0.2) is 53.1 Å². The van der Waals surface area contributed by atoms with Crippen molar-refractivity contribution < 1.29 is 14.0 Å². The Morgan fingerprint density at radius 2 is 1.81 bits per heavy atom. The quantitative estimate of drug-likeness (QED) is 0.335. The summed E-state index contributed by atoms with van der Waals surface area (Å²) >= 11 is 0. The molecule has 8 nitrogen and oxygen atoms in total. The van der Waals surface area contributed by atoms with E-state index in [2.05, 4.69) is 57.9 Å². The number of fused-ring (bicyclic) bond motifs is 3. The molecule has 3 aromatic heterocycles. The van der Waals surface area contributed by atoms with Gasteiger partial charge in [-0.3, -0.25) is 4.98 Å². The van der Waals surface area contributed by atoms with Gasteiger partial charge in [-0.2, -0.15) is 0 Å². The number of imidazole rings is 1. The molecule has 4 heterocycles. The molecular formula is C28H29N5O3. The van der Waals surface area contributed by atoms with Gasteiger partial charge in [0.05, 0.1) is 54.9 Å². The third-order valence-electron chi connectivity index (χ3n) is 7.08. The Balaban J connectivity index is 1.64. The highest BCUT2D eigenvalue weighted by Crippen LogP contribution is 2.41. The molecule has 5 aromatic rings.